The summed E-state index contributed by atoms with van der Waals surface area (Å²) in [6.07, 6.45) is 3.09. The molecule has 1 heterocycles. The van der Waals surface area contributed by atoms with Gasteiger partial charge in [-0.2, -0.15) is 0 Å². The number of benzene rings is 3. The van der Waals surface area contributed by atoms with Crippen LogP contribution in [0.25, 0.3) is 11.1 Å². The summed E-state index contributed by atoms with van der Waals surface area (Å²) in [5, 5.41) is 14.1. The van der Waals surface area contributed by atoms with Gasteiger partial charge in [0.15, 0.2) is 0 Å². The highest BCUT2D eigenvalue weighted by molar-refractivity contribution is 6.06. The van der Waals surface area contributed by atoms with E-state index in [0.29, 0.717) is 44.1 Å². The minimum atomic E-state index is -0.495. The normalized spacial score (nSPS) is 18.5. The van der Waals surface area contributed by atoms with Crippen molar-refractivity contribution in [3.63, 3.8) is 0 Å². The number of nitro groups is 1. The summed E-state index contributed by atoms with van der Waals surface area (Å²) in [6, 6.07) is 19.7. The van der Waals surface area contributed by atoms with Crippen LogP contribution in [-0.2, 0) is 16.0 Å². The average Bonchev–Trinajstić information content (AvgIpc) is 3.04. The summed E-state index contributed by atoms with van der Waals surface area (Å²) < 4.78 is 10.7. The van der Waals surface area contributed by atoms with Crippen LogP contribution in [0.5, 0.6) is 0 Å². The Morgan fingerprint density at radius 2 is 1.72 bits per heavy atom. The number of anilines is 2. The Bertz CT molecular complexity index is 1450. The predicted octanol–water partition coefficient (Wildman–Crippen LogP) is 5.19. The van der Waals surface area contributed by atoms with Crippen LogP contribution in [0.1, 0.15) is 41.6 Å². The maximum Gasteiger partial charge on any atom is 0.410 e. The molecule has 1 saturated carbocycles. The van der Waals surface area contributed by atoms with E-state index in [2.05, 4.69) is 16.3 Å². The summed E-state index contributed by atoms with van der Waals surface area (Å²) in [6.45, 7) is 2.96. The van der Waals surface area contributed by atoms with Crippen molar-refractivity contribution in [2.75, 3.05) is 43.6 Å². The molecule has 0 spiro atoms. The molecule has 226 valence electrons. The second-order valence-electron chi connectivity index (χ2n) is 11.0. The number of hydrogen-bond acceptors (Lipinski definition) is 8. The van der Waals surface area contributed by atoms with Crippen molar-refractivity contribution in [1.29, 1.82) is 0 Å². The number of nitro benzene ring substituents is 1. The molecule has 1 aliphatic heterocycles. The monoisotopic (exact) mass is 587 g/mol. The SMILES string of the molecule is COC(=O)N(Cc1cccc(-c2ccc(N3CCOCC3)c(NC(=O)c3ccc([N+](=O)[O-])cc3)c2)c1)C1CCC(N)CC1. The van der Waals surface area contributed by atoms with E-state index in [1.165, 1.54) is 31.4 Å². The molecule has 3 N–H and O–H groups in total. The molecule has 2 fully saturated rings. The number of carbonyl (C=O) groups is 2. The van der Waals surface area contributed by atoms with Gasteiger partial charge in [0.25, 0.3) is 11.6 Å². The fraction of sp³-hybridized carbons (Fsp3) is 0.375. The number of ether oxygens (including phenoxy) is 2. The number of nitrogens with zero attached hydrogens (tertiary/aromatic N) is 3. The molecule has 0 bridgehead atoms. The Balaban J connectivity index is 1.42. The third kappa shape index (κ3) is 7.30. The highest BCUT2D eigenvalue weighted by Gasteiger charge is 2.28. The first-order valence-corrected chi connectivity index (χ1v) is 14.5. The van der Waals surface area contributed by atoms with Gasteiger partial charge < -0.3 is 30.3 Å². The molecule has 11 nitrogen and oxygen atoms in total. The number of rotatable bonds is 8. The smallest absolute Gasteiger partial charge is 0.410 e. The molecule has 0 aromatic heterocycles. The quantitative estimate of drug-likeness (QED) is 0.271. The Labute approximate surface area is 250 Å². The van der Waals surface area contributed by atoms with Crippen molar-refractivity contribution in [1.82, 2.24) is 4.90 Å². The van der Waals surface area contributed by atoms with Crippen LogP contribution < -0.4 is 16.0 Å². The highest BCUT2D eigenvalue weighted by Crippen LogP contribution is 2.34. The van der Waals surface area contributed by atoms with Gasteiger partial charge in [-0.1, -0.05) is 24.3 Å². The van der Waals surface area contributed by atoms with Crippen molar-refractivity contribution in [2.45, 2.75) is 44.3 Å². The summed E-state index contributed by atoms with van der Waals surface area (Å²) in [4.78, 5) is 40.5. The summed E-state index contributed by atoms with van der Waals surface area (Å²) in [5.41, 5.74) is 10.6. The summed E-state index contributed by atoms with van der Waals surface area (Å²) in [7, 11) is 1.41. The molecule has 0 atom stereocenters. The van der Waals surface area contributed by atoms with Crippen LogP contribution in [0.3, 0.4) is 0 Å². The standard InChI is InChI=1S/C32H37N5O6/c1-42-32(39)36(27-12-8-26(33)9-13-27)21-22-3-2-4-24(19-22)25-7-14-30(35-15-17-43-18-16-35)29(20-25)34-31(38)23-5-10-28(11-6-23)37(40)41/h2-7,10-11,14,19-20,26-27H,8-9,12-13,15-18,21,33H2,1H3,(H,34,38). The van der Waals surface area contributed by atoms with E-state index in [0.717, 1.165) is 48.1 Å². The average molecular weight is 588 g/mol. The first-order valence-electron chi connectivity index (χ1n) is 14.5. The zero-order valence-electron chi connectivity index (χ0n) is 24.2. The van der Waals surface area contributed by atoms with Crippen molar-refractivity contribution < 1.29 is 24.0 Å². The minimum absolute atomic E-state index is 0.0740. The number of morpholine rings is 1. The lowest BCUT2D eigenvalue weighted by Crippen LogP contribution is -2.43. The first-order chi connectivity index (χ1) is 20.8. The Morgan fingerprint density at radius 3 is 2.40 bits per heavy atom. The maximum absolute atomic E-state index is 13.2. The highest BCUT2D eigenvalue weighted by atomic mass is 16.6. The number of methoxy groups -OCH3 is 1. The fourth-order valence-electron chi connectivity index (χ4n) is 5.74. The fourth-order valence-corrected chi connectivity index (χ4v) is 5.74. The second-order valence-corrected chi connectivity index (χ2v) is 11.0. The number of nitrogens with one attached hydrogen (secondary N) is 1. The Hall–Kier alpha value is -4.48. The molecule has 2 aliphatic rings. The third-order valence-electron chi connectivity index (χ3n) is 8.14. The van der Waals surface area contributed by atoms with E-state index in [9.17, 15) is 19.7 Å². The second kappa shape index (κ2) is 13.7. The van der Waals surface area contributed by atoms with Crippen LogP contribution in [0.2, 0.25) is 0 Å². The molecule has 1 saturated heterocycles. The zero-order chi connectivity index (χ0) is 30.3. The summed E-state index contributed by atoms with van der Waals surface area (Å²) in [5.74, 6) is -0.365. The number of amides is 2. The van der Waals surface area contributed by atoms with Crippen LogP contribution in [0.4, 0.5) is 21.9 Å². The molecular weight excluding hydrogens is 550 g/mol. The lowest BCUT2D eigenvalue weighted by molar-refractivity contribution is -0.384. The van der Waals surface area contributed by atoms with E-state index < -0.39 is 4.92 Å². The van der Waals surface area contributed by atoms with Crippen LogP contribution in [0, 0.1) is 10.1 Å². The van der Waals surface area contributed by atoms with E-state index in [1.807, 2.05) is 36.4 Å². The van der Waals surface area contributed by atoms with Gasteiger partial charge in [-0.05, 0) is 72.7 Å². The largest absolute Gasteiger partial charge is 0.453 e. The maximum atomic E-state index is 13.2. The van der Waals surface area contributed by atoms with Gasteiger partial charge >= 0.3 is 6.09 Å². The van der Waals surface area contributed by atoms with Crippen molar-refractivity contribution >= 4 is 29.1 Å². The van der Waals surface area contributed by atoms with Gasteiger partial charge in [0.2, 0.25) is 0 Å². The molecular formula is C32H37N5O6. The number of hydrogen-bond donors (Lipinski definition) is 2. The van der Waals surface area contributed by atoms with E-state index in [-0.39, 0.29) is 29.8 Å². The zero-order valence-corrected chi connectivity index (χ0v) is 24.2. The molecule has 0 unspecified atom stereocenters. The first kappa shape index (κ1) is 30.0. The molecule has 5 rings (SSSR count). The van der Waals surface area contributed by atoms with Crippen molar-refractivity contribution in [3.05, 3.63) is 88.0 Å². The Morgan fingerprint density at radius 1 is 1.02 bits per heavy atom. The van der Waals surface area contributed by atoms with Gasteiger partial charge in [-0.3, -0.25) is 14.9 Å². The molecule has 43 heavy (non-hydrogen) atoms. The minimum Gasteiger partial charge on any atom is -0.453 e. The molecule has 1 aliphatic carbocycles. The van der Waals surface area contributed by atoms with E-state index in [4.69, 9.17) is 15.2 Å². The van der Waals surface area contributed by atoms with Crippen LogP contribution >= 0.6 is 0 Å². The molecule has 2 amide bonds. The topological polar surface area (TPSA) is 140 Å². The van der Waals surface area contributed by atoms with Gasteiger partial charge in [-0.25, -0.2) is 4.79 Å². The summed E-state index contributed by atoms with van der Waals surface area (Å²) >= 11 is 0. The number of carbonyl (C=O) groups excluding carboxylic acids is 2. The van der Waals surface area contributed by atoms with Gasteiger partial charge in [0.05, 0.1) is 36.6 Å². The number of nitrogens with two attached hydrogens (primary N) is 1. The number of non-ortho nitro benzene ring substituents is 1. The van der Waals surface area contributed by atoms with Crippen molar-refractivity contribution in [3.8, 4) is 11.1 Å². The van der Waals surface area contributed by atoms with E-state index in [1.54, 1.807) is 4.90 Å². The molecule has 11 heteroatoms. The van der Waals surface area contributed by atoms with Crippen LogP contribution in [-0.4, -0.2) is 67.3 Å². The van der Waals surface area contributed by atoms with Gasteiger partial charge in [0.1, 0.15) is 0 Å². The van der Waals surface area contributed by atoms with Crippen LogP contribution in [0.15, 0.2) is 66.7 Å². The molecule has 3 aromatic carbocycles. The third-order valence-corrected chi connectivity index (χ3v) is 8.14. The predicted molar refractivity (Wildman–Crippen MR) is 164 cm³/mol. The Kier molecular flexibility index (Phi) is 9.53. The van der Waals surface area contributed by atoms with E-state index >= 15 is 0 Å². The lowest BCUT2D eigenvalue weighted by Gasteiger charge is -2.35. The van der Waals surface area contributed by atoms with Gasteiger partial charge in [0, 0.05) is 49.4 Å². The molecule has 3 aromatic rings. The van der Waals surface area contributed by atoms with Crippen molar-refractivity contribution in [2.24, 2.45) is 5.73 Å². The molecule has 0 radical (unpaired) electrons. The van der Waals surface area contributed by atoms with Gasteiger partial charge in [-0.15, -0.1) is 0 Å². The lowest BCUT2D eigenvalue weighted by atomic mass is 9.90.